The number of hydrogen-bond donors (Lipinski definition) is 1. The Hall–Kier alpha value is -1.88. The van der Waals surface area contributed by atoms with E-state index in [1.807, 2.05) is 0 Å². The number of esters is 1. The summed E-state index contributed by atoms with van der Waals surface area (Å²) in [6, 6.07) is 8.17. The number of hydrogen-bond acceptors (Lipinski definition) is 4. The number of rotatable bonds is 5. The van der Waals surface area contributed by atoms with Crippen molar-refractivity contribution in [2.24, 2.45) is 0 Å². The second-order valence-corrected chi connectivity index (χ2v) is 6.50. The van der Waals surface area contributed by atoms with Crippen molar-refractivity contribution in [3.8, 4) is 0 Å². The molecule has 0 saturated carbocycles. The maximum absolute atomic E-state index is 12.0. The summed E-state index contributed by atoms with van der Waals surface area (Å²) in [6.07, 6.45) is 0.594. The summed E-state index contributed by atoms with van der Waals surface area (Å²) >= 11 is 0. The molecule has 0 aromatic heterocycles. The van der Waals surface area contributed by atoms with E-state index in [2.05, 4.69) is 48.3 Å². The lowest BCUT2D eigenvalue weighted by atomic mass is 10.0. The highest BCUT2D eigenvalue weighted by Gasteiger charge is 2.37. The molecule has 0 radical (unpaired) electrons. The second-order valence-electron chi connectivity index (χ2n) is 6.50. The maximum Gasteiger partial charge on any atom is 0.323 e. The second kappa shape index (κ2) is 7.59. The van der Waals surface area contributed by atoms with Crippen LogP contribution in [0, 0.1) is 0 Å². The minimum atomic E-state index is -0.304. The molecule has 1 heterocycles. The standard InChI is InChI=1S/C18H26N2O3/c1-12(2)15-7-5-14(6-8-15)10-20-11-16(19-13(3)21)9-17(20)18(22)23-4/h5-8,12,16-17H,9-11H2,1-4H3,(H,19,21)/t16-,17+/m1/s1. The van der Waals surface area contributed by atoms with Crippen LogP contribution in [0.3, 0.4) is 0 Å². The molecule has 2 atom stereocenters. The highest BCUT2D eigenvalue weighted by molar-refractivity contribution is 5.77. The molecule has 23 heavy (non-hydrogen) atoms. The van der Waals surface area contributed by atoms with E-state index in [1.165, 1.54) is 19.6 Å². The van der Waals surface area contributed by atoms with Gasteiger partial charge in [-0.25, -0.2) is 0 Å². The number of benzene rings is 1. The molecule has 0 spiro atoms. The normalized spacial score (nSPS) is 21.4. The third-order valence-corrected chi connectivity index (χ3v) is 4.32. The Morgan fingerprint density at radius 3 is 2.48 bits per heavy atom. The minimum absolute atomic E-state index is 0.00784. The first-order valence-corrected chi connectivity index (χ1v) is 8.08. The molecule has 5 nitrogen and oxygen atoms in total. The number of methoxy groups -OCH3 is 1. The first-order chi connectivity index (χ1) is 10.9. The molecule has 1 aromatic rings. The van der Waals surface area contributed by atoms with Crippen LogP contribution in [0.25, 0.3) is 0 Å². The van der Waals surface area contributed by atoms with Gasteiger partial charge in [-0.2, -0.15) is 0 Å². The number of amides is 1. The van der Waals surface area contributed by atoms with Crippen LogP contribution in [0.2, 0.25) is 0 Å². The topological polar surface area (TPSA) is 58.6 Å². The molecule has 2 rings (SSSR count). The first-order valence-electron chi connectivity index (χ1n) is 8.08. The summed E-state index contributed by atoms with van der Waals surface area (Å²) in [4.78, 5) is 25.4. The zero-order valence-corrected chi connectivity index (χ0v) is 14.3. The maximum atomic E-state index is 12.0. The van der Waals surface area contributed by atoms with Gasteiger partial charge in [-0.1, -0.05) is 38.1 Å². The van der Waals surface area contributed by atoms with Crippen molar-refractivity contribution in [2.45, 2.75) is 51.7 Å². The van der Waals surface area contributed by atoms with Gasteiger partial charge in [0.15, 0.2) is 0 Å². The smallest absolute Gasteiger partial charge is 0.323 e. The quantitative estimate of drug-likeness (QED) is 0.844. The number of carbonyl (C=O) groups is 2. The monoisotopic (exact) mass is 318 g/mol. The average Bonchev–Trinajstić information content (AvgIpc) is 2.88. The van der Waals surface area contributed by atoms with Gasteiger partial charge in [0.2, 0.25) is 5.91 Å². The summed E-state index contributed by atoms with van der Waals surface area (Å²) in [6.45, 7) is 7.17. The lowest BCUT2D eigenvalue weighted by Gasteiger charge is -2.22. The molecule has 126 valence electrons. The van der Waals surface area contributed by atoms with Crippen molar-refractivity contribution in [1.29, 1.82) is 0 Å². The SMILES string of the molecule is COC(=O)[C@@H]1C[C@@H](NC(C)=O)CN1Cc1ccc(C(C)C)cc1. The van der Waals surface area contributed by atoms with Crippen molar-refractivity contribution < 1.29 is 14.3 Å². The van der Waals surface area contributed by atoms with Crippen LogP contribution >= 0.6 is 0 Å². The highest BCUT2D eigenvalue weighted by atomic mass is 16.5. The van der Waals surface area contributed by atoms with Gasteiger partial charge in [-0.3, -0.25) is 14.5 Å². The Morgan fingerprint density at radius 1 is 1.30 bits per heavy atom. The third-order valence-electron chi connectivity index (χ3n) is 4.32. The summed E-state index contributed by atoms with van der Waals surface area (Å²) < 4.78 is 4.91. The Morgan fingerprint density at radius 2 is 1.96 bits per heavy atom. The van der Waals surface area contributed by atoms with E-state index in [0.717, 1.165) is 5.56 Å². The van der Waals surface area contributed by atoms with Gasteiger partial charge < -0.3 is 10.1 Å². The van der Waals surface area contributed by atoms with E-state index in [-0.39, 0.29) is 24.0 Å². The van der Waals surface area contributed by atoms with Gasteiger partial charge in [0.1, 0.15) is 6.04 Å². The Kier molecular flexibility index (Phi) is 5.77. The van der Waals surface area contributed by atoms with Crippen LogP contribution in [0.4, 0.5) is 0 Å². The number of nitrogens with zero attached hydrogens (tertiary/aromatic N) is 1. The lowest BCUT2D eigenvalue weighted by Crippen LogP contribution is -2.37. The van der Waals surface area contributed by atoms with Gasteiger partial charge in [0.25, 0.3) is 0 Å². The largest absolute Gasteiger partial charge is 0.468 e. The Balaban J connectivity index is 2.08. The van der Waals surface area contributed by atoms with E-state index in [0.29, 0.717) is 25.4 Å². The molecule has 1 aliphatic rings. The van der Waals surface area contributed by atoms with Crippen molar-refractivity contribution in [1.82, 2.24) is 10.2 Å². The van der Waals surface area contributed by atoms with Gasteiger partial charge in [0.05, 0.1) is 7.11 Å². The van der Waals surface area contributed by atoms with Crippen molar-refractivity contribution in [2.75, 3.05) is 13.7 Å². The van der Waals surface area contributed by atoms with Crippen molar-refractivity contribution >= 4 is 11.9 Å². The molecule has 0 bridgehead atoms. The third kappa shape index (κ3) is 4.55. The van der Waals surface area contributed by atoms with Gasteiger partial charge >= 0.3 is 5.97 Å². The molecule has 1 aromatic carbocycles. The lowest BCUT2D eigenvalue weighted by molar-refractivity contribution is -0.146. The van der Waals surface area contributed by atoms with Gasteiger partial charge in [-0.05, 0) is 23.5 Å². The molecular formula is C18H26N2O3. The predicted octanol–water partition coefficient (Wildman–Crippen LogP) is 2.06. The van der Waals surface area contributed by atoms with Crippen LogP contribution in [0.15, 0.2) is 24.3 Å². The fraction of sp³-hybridized carbons (Fsp3) is 0.556. The van der Waals surface area contributed by atoms with Crippen molar-refractivity contribution in [3.63, 3.8) is 0 Å². The fourth-order valence-electron chi connectivity index (χ4n) is 3.09. The van der Waals surface area contributed by atoms with Crippen LogP contribution in [0.1, 0.15) is 44.2 Å². The van der Waals surface area contributed by atoms with Crippen LogP contribution in [-0.4, -0.2) is 42.5 Å². The molecule has 1 amide bonds. The van der Waals surface area contributed by atoms with Crippen LogP contribution < -0.4 is 5.32 Å². The summed E-state index contributed by atoms with van der Waals surface area (Å²) in [5.74, 6) is 0.196. The average molecular weight is 318 g/mol. The van der Waals surface area contributed by atoms with Gasteiger partial charge in [-0.15, -0.1) is 0 Å². The molecule has 0 unspecified atom stereocenters. The van der Waals surface area contributed by atoms with Crippen LogP contribution in [-0.2, 0) is 20.9 Å². The number of likely N-dealkylation sites (tertiary alicyclic amines) is 1. The molecule has 0 aliphatic carbocycles. The highest BCUT2D eigenvalue weighted by Crippen LogP contribution is 2.23. The van der Waals surface area contributed by atoms with Crippen molar-refractivity contribution in [3.05, 3.63) is 35.4 Å². The number of carbonyl (C=O) groups excluding carboxylic acids is 2. The summed E-state index contributed by atoms with van der Waals surface area (Å²) in [5.41, 5.74) is 2.46. The van der Waals surface area contributed by atoms with E-state index >= 15 is 0 Å². The minimum Gasteiger partial charge on any atom is -0.468 e. The van der Waals surface area contributed by atoms with E-state index in [1.54, 1.807) is 0 Å². The van der Waals surface area contributed by atoms with Crippen LogP contribution in [0.5, 0.6) is 0 Å². The van der Waals surface area contributed by atoms with Gasteiger partial charge in [0, 0.05) is 26.1 Å². The van der Waals surface area contributed by atoms with E-state index in [9.17, 15) is 9.59 Å². The Labute approximate surface area is 138 Å². The summed E-state index contributed by atoms with van der Waals surface area (Å²) in [5, 5.41) is 2.90. The molecule has 5 heteroatoms. The van der Waals surface area contributed by atoms with E-state index < -0.39 is 0 Å². The molecule has 1 aliphatic heterocycles. The fourth-order valence-corrected chi connectivity index (χ4v) is 3.09. The summed E-state index contributed by atoms with van der Waals surface area (Å²) in [7, 11) is 1.41. The Bertz CT molecular complexity index is 554. The van der Waals surface area contributed by atoms with E-state index in [4.69, 9.17) is 4.74 Å². The molecular weight excluding hydrogens is 292 g/mol. The zero-order valence-electron chi connectivity index (χ0n) is 14.3. The number of nitrogens with one attached hydrogen (secondary N) is 1. The zero-order chi connectivity index (χ0) is 17.0. The molecule has 1 saturated heterocycles. The first kappa shape index (κ1) is 17.5. The number of ether oxygens (including phenoxy) is 1. The molecule has 1 N–H and O–H groups in total. The molecule has 1 fully saturated rings. The predicted molar refractivity (Wildman–Crippen MR) is 89.0 cm³/mol.